The summed E-state index contributed by atoms with van der Waals surface area (Å²) in [6, 6.07) is 1.97. The first-order valence-electron chi connectivity index (χ1n) is 3.46. The van der Waals surface area contributed by atoms with E-state index in [0.29, 0.717) is 0 Å². The number of aryl methyl sites for hydroxylation is 1. The van der Waals surface area contributed by atoms with E-state index >= 15 is 0 Å². The Kier molecular flexibility index (Phi) is 2.88. The maximum absolute atomic E-state index is 5.11. The molecule has 0 aliphatic carbocycles. The van der Waals surface area contributed by atoms with Crippen molar-refractivity contribution in [2.45, 2.75) is 13.3 Å². The average Bonchev–Trinajstić information content (AvgIpc) is 2.04. The number of nitrogens with zero attached hydrogens (tertiary/aromatic N) is 1. The summed E-state index contributed by atoms with van der Waals surface area (Å²) in [4.78, 5) is 4.05. The monoisotopic (exact) mass is 215 g/mol. The number of aromatic nitrogens is 1. The van der Waals surface area contributed by atoms with Gasteiger partial charge in [0.25, 0.3) is 0 Å². The summed E-state index contributed by atoms with van der Waals surface area (Å²) in [7, 11) is 1.66. The maximum atomic E-state index is 5.11. The van der Waals surface area contributed by atoms with Crippen molar-refractivity contribution in [3.8, 4) is 5.75 Å². The van der Waals surface area contributed by atoms with Crippen LogP contribution in [0.15, 0.2) is 16.9 Å². The second-order valence-electron chi connectivity index (χ2n) is 2.17. The first-order valence-corrected chi connectivity index (χ1v) is 4.25. The van der Waals surface area contributed by atoms with E-state index in [1.165, 1.54) is 5.56 Å². The molecule has 1 aromatic rings. The summed E-state index contributed by atoms with van der Waals surface area (Å²) >= 11 is 3.30. The standard InChI is InChI=1S/C8H10BrNO/c1-3-6-4-8(9)10-5-7(6)11-2/h4-5H,3H2,1-2H3. The van der Waals surface area contributed by atoms with Gasteiger partial charge in [0.15, 0.2) is 0 Å². The van der Waals surface area contributed by atoms with Crippen LogP contribution in [0.25, 0.3) is 0 Å². The van der Waals surface area contributed by atoms with Gasteiger partial charge in [-0.1, -0.05) is 6.92 Å². The summed E-state index contributed by atoms with van der Waals surface area (Å²) in [6.07, 6.45) is 2.69. The van der Waals surface area contributed by atoms with Gasteiger partial charge < -0.3 is 4.74 Å². The zero-order valence-electron chi connectivity index (χ0n) is 6.60. The van der Waals surface area contributed by atoms with E-state index in [1.807, 2.05) is 6.07 Å². The summed E-state index contributed by atoms with van der Waals surface area (Å²) in [5.41, 5.74) is 1.18. The lowest BCUT2D eigenvalue weighted by Gasteiger charge is -2.04. The van der Waals surface area contributed by atoms with Crippen LogP contribution in [0.3, 0.4) is 0 Å². The number of methoxy groups -OCH3 is 1. The zero-order chi connectivity index (χ0) is 8.27. The van der Waals surface area contributed by atoms with Crippen LogP contribution >= 0.6 is 15.9 Å². The molecule has 0 aliphatic rings. The SMILES string of the molecule is CCc1cc(Br)ncc1OC. The first kappa shape index (κ1) is 8.53. The minimum atomic E-state index is 0.857. The summed E-state index contributed by atoms with van der Waals surface area (Å²) in [6.45, 7) is 2.09. The van der Waals surface area contributed by atoms with E-state index in [1.54, 1.807) is 13.3 Å². The summed E-state index contributed by atoms with van der Waals surface area (Å²) in [5, 5.41) is 0. The lowest BCUT2D eigenvalue weighted by atomic mass is 10.2. The molecule has 60 valence electrons. The van der Waals surface area contributed by atoms with Gasteiger partial charge in [-0.3, -0.25) is 0 Å². The van der Waals surface area contributed by atoms with Crippen LogP contribution < -0.4 is 4.74 Å². The van der Waals surface area contributed by atoms with E-state index in [4.69, 9.17) is 4.74 Å². The molecule has 2 nitrogen and oxygen atoms in total. The number of hydrogen-bond donors (Lipinski definition) is 0. The molecule has 0 radical (unpaired) electrons. The Bertz CT molecular complexity index is 250. The maximum Gasteiger partial charge on any atom is 0.140 e. The highest BCUT2D eigenvalue weighted by atomic mass is 79.9. The molecule has 1 aromatic heterocycles. The van der Waals surface area contributed by atoms with Crippen LogP contribution in [0, 0.1) is 0 Å². The average molecular weight is 216 g/mol. The molecule has 1 rings (SSSR count). The Labute approximate surface area is 74.7 Å². The quantitative estimate of drug-likeness (QED) is 0.708. The van der Waals surface area contributed by atoms with Crippen molar-refractivity contribution < 1.29 is 4.74 Å². The summed E-state index contributed by atoms with van der Waals surface area (Å²) < 4.78 is 5.96. The minimum Gasteiger partial charge on any atom is -0.495 e. The number of halogens is 1. The van der Waals surface area contributed by atoms with Gasteiger partial charge in [-0.05, 0) is 34.0 Å². The highest BCUT2D eigenvalue weighted by molar-refractivity contribution is 9.10. The van der Waals surface area contributed by atoms with E-state index in [-0.39, 0.29) is 0 Å². The van der Waals surface area contributed by atoms with Gasteiger partial charge in [-0.25, -0.2) is 4.98 Å². The van der Waals surface area contributed by atoms with Gasteiger partial charge in [0.1, 0.15) is 10.4 Å². The van der Waals surface area contributed by atoms with Gasteiger partial charge in [-0.15, -0.1) is 0 Å². The first-order chi connectivity index (χ1) is 5.27. The molecule has 0 aromatic carbocycles. The Hall–Kier alpha value is -0.570. The summed E-state index contributed by atoms with van der Waals surface area (Å²) in [5.74, 6) is 0.857. The predicted octanol–water partition coefficient (Wildman–Crippen LogP) is 2.42. The van der Waals surface area contributed by atoms with E-state index in [0.717, 1.165) is 16.8 Å². The van der Waals surface area contributed by atoms with Crippen LogP contribution in [0.1, 0.15) is 12.5 Å². The van der Waals surface area contributed by atoms with Crippen molar-refractivity contribution >= 4 is 15.9 Å². The molecule has 0 unspecified atom stereocenters. The van der Waals surface area contributed by atoms with Crippen molar-refractivity contribution in [3.63, 3.8) is 0 Å². The number of ether oxygens (including phenoxy) is 1. The fourth-order valence-corrected chi connectivity index (χ4v) is 1.29. The molecule has 0 aliphatic heterocycles. The highest BCUT2D eigenvalue weighted by Crippen LogP contribution is 2.20. The largest absolute Gasteiger partial charge is 0.495 e. The number of hydrogen-bond acceptors (Lipinski definition) is 2. The molecule has 0 fully saturated rings. The van der Waals surface area contributed by atoms with E-state index in [9.17, 15) is 0 Å². The van der Waals surface area contributed by atoms with Crippen molar-refractivity contribution in [1.82, 2.24) is 4.98 Å². The molecule has 1 heterocycles. The smallest absolute Gasteiger partial charge is 0.140 e. The minimum absolute atomic E-state index is 0.857. The fraction of sp³-hybridized carbons (Fsp3) is 0.375. The molecule has 0 saturated heterocycles. The van der Waals surface area contributed by atoms with Crippen molar-refractivity contribution in [2.24, 2.45) is 0 Å². The Morgan fingerprint density at radius 2 is 2.36 bits per heavy atom. The highest BCUT2D eigenvalue weighted by Gasteiger charge is 2.00. The Morgan fingerprint density at radius 1 is 1.64 bits per heavy atom. The van der Waals surface area contributed by atoms with Crippen molar-refractivity contribution in [3.05, 3.63) is 22.4 Å². The molecular formula is C8H10BrNO. The van der Waals surface area contributed by atoms with E-state index < -0.39 is 0 Å². The molecule has 3 heteroatoms. The lowest BCUT2D eigenvalue weighted by molar-refractivity contribution is 0.408. The molecule has 0 atom stereocenters. The molecule has 0 spiro atoms. The van der Waals surface area contributed by atoms with Crippen LogP contribution in [-0.4, -0.2) is 12.1 Å². The van der Waals surface area contributed by atoms with Crippen LogP contribution in [0.5, 0.6) is 5.75 Å². The fourth-order valence-electron chi connectivity index (χ4n) is 0.915. The number of rotatable bonds is 2. The second-order valence-corrected chi connectivity index (χ2v) is 2.98. The number of pyridine rings is 1. The Balaban J connectivity index is 3.06. The van der Waals surface area contributed by atoms with Gasteiger partial charge in [0.2, 0.25) is 0 Å². The van der Waals surface area contributed by atoms with Gasteiger partial charge in [0.05, 0.1) is 13.3 Å². The van der Waals surface area contributed by atoms with Gasteiger partial charge >= 0.3 is 0 Å². The molecule has 0 bridgehead atoms. The topological polar surface area (TPSA) is 22.1 Å². The third-order valence-corrected chi connectivity index (χ3v) is 1.95. The Morgan fingerprint density at radius 3 is 2.91 bits per heavy atom. The third kappa shape index (κ3) is 1.93. The van der Waals surface area contributed by atoms with Crippen molar-refractivity contribution in [2.75, 3.05) is 7.11 Å². The van der Waals surface area contributed by atoms with Gasteiger partial charge in [0, 0.05) is 0 Å². The predicted molar refractivity (Wildman–Crippen MR) is 47.9 cm³/mol. The van der Waals surface area contributed by atoms with Crippen molar-refractivity contribution in [1.29, 1.82) is 0 Å². The van der Waals surface area contributed by atoms with Crippen LogP contribution in [-0.2, 0) is 6.42 Å². The lowest BCUT2D eigenvalue weighted by Crippen LogP contribution is -1.91. The molecule has 0 saturated carbocycles. The van der Waals surface area contributed by atoms with Gasteiger partial charge in [-0.2, -0.15) is 0 Å². The second kappa shape index (κ2) is 3.72. The normalized spacial score (nSPS) is 9.73. The van der Waals surface area contributed by atoms with Crippen LogP contribution in [0.4, 0.5) is 0 Å². The molecular weight excluding hydrogens is 206 g/mol. The van der Waals surface area contributed by atoms with Crippen LogP contribution in [0.2, 0.25) is 0 Å². The molecule has 0 amide bonds. The third-order valence-electron chi connectivity index (χ3n) is 1.52. The zero-order valence-corrected chi connectivity index (χ0v) is 8.18. The molecule has 11 heavy (non-hydrogen) atoms. The van der Waals surface area contributed by atoms with E-state index in [2.05, 4.69) is 27.8 Å². The molecule has 0 N–H and O–H groups in total.